The van der Waals surface area contributed by atoms with E-state index in [0.717, 1.165) is 5.56 Å². The molecule has 1 atom stereocenters. The van der Waals surface area contributed by atoms with Crippen LogP contribution in [0.15, 0.2) is 47.6 Å². The zero-order valence-electron chi connectivity index (χ0n) is 15.4. The predicted octanol–water partition coefficient (Wildman–Crippen LogP) is 3.13. The number of anilines is 1. The third-order valence-corrected chi connectivity index (χ3v) is 4.11. The number of nitro groups is 1. The van der Waals surface area contributed by atoms with Crippen LogP contribution in [0.1, 0.15) is 18.9 Å². The summed E-state index contributed by atoms with van der Waals surface area (Å²) in [5.41, 5.74) is 1.10. The molecule has 2 aromatic carbocycles. The fourth-order valence-electron chi connectivity index (χ4n) is 2.80. The van der Waals surface area contributed by atoms with Crippen molar-refractivity contribution in [3.05, 3.63) is 58.1 Å². The molecular weight excluding hydrogens is 366 g/mol. The standard InChI is InChI=1S/C19H19N3O6/c1-3-27-12-8-9-14(16(10-12)22(24)25)20-19(23)18-11-15(21-28-18)13-6-4-5-7-17(13)26-2/h4-10,18H,3,11H2,1-2H3,(H,20,23). The number of carbonyl (C=O) groups excluding carboxylic acids is 1. The molecule has 1 heterocycles. The molecule has 1 N–H and O–H groups in total. The van der Waals surface area contributed by atoms with Gasteiger partial charge in [-0.05, 0) is 31.2 Å². The van der Waals surface area contributed by atoms with Crippen molar-refractivity contribution in [2.24, 2.45) is 5.16 Å². The first-order valence-electron chi connectivity index (χ1n) is 8.61. The normalized spacial score (nSPS) is 15.4. The van der Waals surface area contributed by atoms with Gasteiger partial charge >= 0.3 is 0 Å². The molecule has 0 fully saturated rings. The maximum Gasteiger partial charge on any atom is 0.296 e. The Morgan fingerprint density at radius 3 is 2.86 bits per heavy atom. The van der Waals surface area contributed by atoms with Crippen LogP contribution in [0, 0.1) is 10.1 Å². The van der Waals surface area contributed by atoms with Crippen molar-refractivity contribution < 1.29 is 24.0 Å². The SMILES string of the molecule is CCOc1ccc(NC(=O)C2CC(c3ccccc3OC)=NO2)c([N+](=O)[O-])c1. The van der Waals surface area contributed by atoms with Crippen molar-refractivity contribution in [1.82, 2.24) is 0 Å². The summed E-state index contributed by atoms with van der Waals surface area (Å²) in [5.74, 6) is 0.445. The third kappa shape index (κ3) is 4.03. The Hall–Kier alpha value is -3.62. The number of methoxy groups -OCH3 is 1. The highest BCUT2D eigenvalue weighted by atomic mass is 16.6. The minimum Gasteiger partial charge on any atom is -0.496 e. The van der Waals surface area contributed by atoms with Gasteiger partial charge in [0.2, 0.25) is 6.10 Å². The van der Waals surface area contributed by atoms with Crippen LogP contribution >= 0.6 is 0 Å². The zero-order valence-corrected chi connectivity index (χ0v) is 15.4. The molecule has 0 saturated heterocycles. The Balaban J connectivity index is 1.72. The van der Waals surface area contributed by atoms with E-state index in [0.29, 0.717) is 23.8 Å². The highest BCUT2D eigenvalue weighted by Gasteiger charge is 2.31. The van der Waals surface area contributed by atoms with Crippen molar-refractivity contribution in [2.45, 2.75) is 19.4 Å². The minimum atomic E-state index is -0.897. The van der Waals surface area contributed by atoms with Crippen LogP contribution in [0.5, 0.6) is 11.5 Å². The van der Waals surface area contributed by atoms with Gasteiger partial charge in [0, 0.05) is 12.0 Å². The second kappa shape index (κ2) is 8.38. The van der Waals surface area contributed by atoms with Crippen molar-refractivity contribution >= 4 is 23.0 Å². The Labute approximate surface area is 161 Å². The number of nitrogens with one attached hydrogen (secondary N) is 1. The van der Waals surface area contributed by atoms with Gasteiger partial charge in [-0.2, -0.15) is 0 Å². The molecule has 146 valence electrons. The number of rotatable bonds is 7. The van der Waals surface area contributed by atoms with Crippen LogP contribution in [-0.2, 0) is 9.63 Å². The second-order valence-electron chi connectivity index (χ2n) is 5.89. The molecule has 0 saturated carbocycles. The number of para-hydroxylation sites is 1. The van der Waals surface area contributed by atoms with E-state index >= 15 is 0 Å². The van der Waals surface area contributed by atoms with E-state index in [1.54, 1.807) is 26.2 Å². The molecule has 1 aliphatic heterocycles. The van der Waals surface area contributed by atoms with E-state index < -0.39 is 16.9 Å². The van der Waals surface area contributed by atoms with Gasteiger partial charge in [0.05, 0.1) is 30.4 Å². The van der Waals surface area contributed by atoms with Gasteiger partial charge in [0.1, 0.15) is 17.2 Å². The Morgan fingerprint density at radius 2 is 2.14 bits per heavy atom. The summed E-state index contributed by atoms with van der Waals surface area (Å²) in [6.45, 7) is 2.15. The number of hydrogen-bond donors (Lipinski definition) is 1. The summed E-state index contributed by atoms with van der Waals surface area (Å²) in [6.07, 6.45) is -0.678. The van der Waals surface area contributed by atoms with Gasteiger partial charge in [0.15, 0.2) is 0 Å². The fraction of sp³-hybridized carbons (Fsp3) is 0.263. The molecule has 1 aliphatic rings. The summed E-state index contributed by atoms with van der Waals surface area (Å²) >= 11 is 0. The number of amides is 1. The van der Waals surface area contributed by atoms with Crippen LogP contribution in [-0.4, -0.2) is 36.4 Å². The van der Waals surface area contributed by atoms with E-state index in [-0.39, 0.29) is 17.8 Å². The summed E-state index contributed by atoms with van der Waals surface area (Å²) in [7, 11) is 1.55. The first-order chi connectivity index (χ1) is 13.5. The number of carbonyl (C=O) groups is 1. The summed E-state index contributed by atoms with van der Waals surface area (Å²) in [6, 6.07) is 11.5. The molecule has 0 aliphatic carbocycles. The molecule has 0 bridgehead atoms. The number of benzene rings is 2. The van der Waals surface area contributed by atoms with Crippen LogP contribution in [0.25, 0.3) is 0 Å². The van der Waals surface area contributed by atoms with Gasteiger partial charge < -0.3 is 19.6 Å². The zero-order chi connectivity index (χ0) is 20.1. The lowest BCUT2D eigenvalue weighted by Crippen LogP contribution is -2.28. The molecule has 28 heavy (non-hydrogen) atoms. The highest BCUT2D eigenvalue weighted by Crippen LogP contribution is 2.30. The smallest absolute Gasteiger partial charge is 0.296 e. The van der Waals surface area contributed by atoms with E-state index in [1.807, 2.05) is 18.2 Å². The summed E-state index contributed by atoms with van der Waals surface area (Å²) in [4.78, 5) is 28.5. The van der Waals surface area contributed by atoms with Crippen molar-refractivity contribution in [1.29, 1.82) is 0 Å². The molecule has 9 heteroatoms. The molecule has 1 amide bonds. The molecule has 0 aromatic heterocycles. The quantitative estimate of drug-likeness (QED) is 0.579. The topological polar surface area (TPSA) is 112 Å². The molecule has 0 radical (unpaired) electrons. The van der Waals surface area contributed by atoms with Crippen molar-refractivity contribution in [3.63, 3.8) is 0 Å². The van der Waals surface area contributed by atoms with E-state index in [9.17, 15) is 14.9 Å². The van der Waals surface area contributed by atoms with Crippen LogP contribution in [0.4, 0.5) is 11.4 Å². The lowest BCUT2D eigenvalue weighted by Gasteiger charge is -2.11. The maximum atomic E-state index is 12.5. The molecule has 1 unspecified atom stereocenters. The van der Waals surface area contributed by atoms with Gasteiger partial charge in [-0.3, -0.25) is 14.9 Å². The highest BCUT2D eigenvalue weighted by molar-refractivity contribution is 6.07. The number of oxime groups is 1. The molecule has 2 aromatic rings. The van der Waals surface area contributed by atoms with Crippen LogP contribution in [0.2, 0.25) is 0 Å². The average molecular weight is 385 g/mol. The fourth-order valence-corrected chi connectivity index (χ4v) is 2.80. The largest absolute Gasteiger partial charge is 0.496 e. The lowest BCUT2D eigenvalue weighted by atomic mass is 10.0. The maximum absolute atomic E-state index is 12.5. The van der Waals surface area contributed by atoms with E-state index in [4.69, 9.17) is 14.3 Å². The predicted molar refractivity (Wildman–Crippen MR) is 102 cm³/mol. The average Bonchev–Trinajstić information content (AvgIpc) is 3.19. The van der Waals surface area contributed by atoms with Crippen LogP contribution in [0.3, 0.4) is 0 Å². The molecule has 9 nitrogen and oxygen atoms in total. The molecule has 3 rings (SSSR count). The summed E-state index contributed by atoms with van der Waals surface area (Å²) in [5, 5.41) is 17.8. The number of ether oxygens (including phenoxy) is 2. The molecule has 0 spiro atoms. The van der Waals surface area contributed by atoms with E-state index in [2.05, 4.69) is 10.5 Å². The Kier molecular flexibility index (Phi) is 5.73. The first-order valence-corrected chi connectivity index (χ1v) is 8.61. The number of hydrogen-bond acceptors (Lipinski definition) is 7. The minimum absolute atomic E-state index is 0.0628. The first kappa shape index (κ1) is 19.2. The summed E-state index contributed by atoms with van der Waals surface area (Å²) < 4.78 is 10.6. The van der Waals surface area contributed by atoms with Gasteiger partial charge in [-0.25, -0.2) is 0 Å². The number of nitrogens with zero attached hydrogens (tertiary/aromatic N) is 2. The third-order valence-electron chi connectivity index (χ3n) is 4.11. The van der Waals surface area contributed by atoms with Gasteiger partial charge in [-0.15, -0.1) is 0 Å². The lowest BCUT2D eigenvalue weighted by molar-refractivity contribution is -0.384. The van der Waals surface area contributed by atoms with Crippen molar-refractivity contribution in [2.75, 3.05) is 19.0 Å². The Bertz CT molecular complexity index is 928. The molecular formula is C19H19N3O6. The van der Waals surface area contributed by atoms with E-state index in [1.165, 1.54) is 12.1 Å². The van der Waals surface area contributed by atoms with Gasteiger partial charge in [-0.1, -0.05) is 17.3 Å². The van der Waals surface area contributed by atoms with Gasteiger partial charge in [0.25, 0.3) is 11.6 Å². The number of nitro benzene ring substituents is 1. The van der Waals surface area contributed by atoms with Crippen molar-refractivity contribution in [3.8, 4) is 11.5 Å². The second-order valence-corrected chi connectivity index (χ2v) is 5.89. The van der Waals surface area contributed by atoms with Crippen LogP contribution < -0.4 is 14.8 Å². The Morgan fingerprint density at radius 1 is 1.36 bits per heavy atom. The monoisotopic (exact) mass is 385 g/mol.